The number of fused-ring (bicyclic) bond motifs is 2. The third kappa shape index (κ3) is 2.44. The van der Waals surface area contributed by atoms with Crippen molar-refractivity contribution >= 4 is 41.6 Å². The van der Waals surface area contributed by atoms with Gasteiger partial charge in [0.15, 0.2) is 15.5 Å². The predicted molar refractivity (Wildman–Crippen MR) is 91.5 cm³/mol. The van der Waals surface area contributed by atoms with Gasteiger partial charge in [0.2, 0.25) is 5.88 Å². The molecule has 0 spiro atoms. The van der Waals surface area contributed by atoms with Crippen LogP contribution in [0.3, 0.4) is 0 Å². The maximum absolute atomic E-state index is 12.3. The van der Waals surface area contributed by atoms with Gasteiger partial charge in [0.25, 0.3) is 5.91 Å². The number of aromatic hydroxyl groups is 1. The number of hydrogen-bond acceptors (Lipinski definition) is 6. The Hall–Kier alpha value is -2.45. The first-order valence-corrected chi connectivity index (χ1v) is 8.40. The molecule has 24 heavy (non-hydrogen) atoms. The molecule has 0 saturated carbocycles. The van der Waals surface area contributed by atoms with E-state index in [1.165, 1.54) is 15.9 Å². The van der Waals surface area contributed by atoms with E-state index >= 15 is 0 Å². The Balaban J connectivity index is 1.86. The van der Waals surface area contributed by atoms with Gasteiger partial charge >= 0.3 is 0 Å². The lowest BCUT2D eigenvalue weighted by molar-refractivity contribution is -0.114. The third-order valence-electron chi connectivity index (χ3n) is 3.77. The molecule has 122 valence electrons. The molecule has 1 N–H and O–H groups in total. The number of benzene rings is 1. The summed E-state index contributed by atoms with van der Waals surface area (Å²) in [5.41, 5.74) is 0.381. The molecule has 0 bridgehead atoms. The van der Waals surface area contributed by atoms with E-state index < -0.39 is 0 Å². The molecule has 1 aromatic carbocycles. The van der Waals surface area contributed by atoms with Crippen LogP contribution in [-0.2, 0) is 11.8 Å². The maximum atomic E-state index is 12.3. The highest BCUT2D eigenvalue weighted by Gasteiger charge is 2.17. The topological polar surface area (TPSA) is 73.0 Å². The Labute approximate surface area is 145 Å². The predicted octanol–water partition coefficient (Wildman–Crippen LogP) is 1.32. The summed E-state index contributed by atoms with van der Waals surface area (Å²) in [6, 6.07) is 3.51. The second-order valence-corrected chi connectivity index (χ2v) is 7.01. The van der Waals surface area contributed by atoms with Crippen molar-refractivity contribution in [3.8, 4) is 17.4 Å². The molecule has 2 aliphatic heterocycles. The van der Waals surface area contributed by atoms with Crippen LogP contribution < -0.4 is 20.0 Å². The number of aromatic nitrogens is 1. The molecule has 2 aromatic rings. The van der Waals surface area contributed by atoms with Gasteiger partial charge in [-0.3, -0.25) is 9.36 Å². The summed E-state index contributed by atoms with van der Waals surface area (Å²) in [5.74, 6) is 0.890. The first-order chi connectivity index (χ1) is 11.5. The third-order valence-corrected chi connectivity index (χ3v) is 5.26. The minimum atomic E-state index is -0.374. The van der Waals surface area contributed by atoms with Gasteiger partial charge < -0.3 is 14.6 Å². The zero-order valence-corrected chi connectivity index (χ0v) is 14.2. The summed E-state index contributed by atoms with van der Waals surface area (Å²) in [6.45, 7) is 0.971. The lowest BCUT2D eigenvalue weighted by atomic mass is 10.1. The smallest absolute Gasteiger partial charge is 0.277 e. The van der Waals surface area contributed by atoms with Crippen molar-refractivity contribution in [2.45, 2.75) is 0 Å². The fourth-order valence-electron chi connectivity index (χ4n) is 2.51. The number of nitrogens with zero attached hydrogens (tertiary/aromatic N) is 2. The number of rotatable bonds is 1. The van der Waals surface area contributed by atoms with Crippen LogP contribution in [0.25, 0.3) is 12.2 Å². The maximum Gasteiger partial charge on any atom is 0.277 e. The number of thiazole rings is 1. The molecule has 1 aromatic heterocycles. The summed E-state index contributed by atoms with van der Waals surface area (Å²) in [4.78, 5) is 16.9. The Morgan fingerprint density at radius 1 is 1.33 bits per heavy atom. The summed E-state index contributed by atoms with van der Waals surface area (Å²) in [6.07, 6.45) is 3.33. The Bertz CT molecular complexity index is 1080. The number of ether oxygens (including phenoxy) is 2. The molecule has 6 nitrogen and oxygen atoms in total. The highest BCUT2D eigenvalue weighted by Crippen LogP contribution is 2.29. The number of carbonyl (C=O) groups excluding carboxylic acids is 1. The zero-order chi connectivity index (χ0) is 16.8. The van der Waals surface area contributed by atoms with Crippen LogP contribution in [0.5, 0.6) is 17.4 Å². The zero-order valence-electron chi connectivity index (χ0n) is 12.6. The van der Waals surface area contributed by atoms with Gasteiger partial charge in [-0.15, -0.1) is 11.3 Å². The fraction of sp³-hybridized carbons (Fsp3) is 0.188. The van der Waals surface area contributed by atoms with Crippen molar-refractivity contribution in [3.05, 3.63) is 37.1 Å². The van der Waals surface area contributed by atoms with Gasteiger partial charge in [0.05, 0.1) is 10.2 Å². The van der Waals surface area contributed by atoms with Crippen molar-refractivity contribution in [1.29, 1.82) is 0 Å². The van der Waals surface area contributed by atoms with E-state index in [1.54, 1.807) is 31.3 Å². The number of carbonyl (C=O) groups is 1. The van der Waals surface area contributed by atoms with Crippen LogP contribution in [0.4, 0.5) is 0 Å². The Morgan fingerprint density at radius 3 is 2.71 bits per heavy atom. The van der Waals surface area contributed by atoms with Gasteiger partial charge in [0.1, 0.15) is 13.2 Å². The largest absolute Gasteiger partial charge is 0.493 e. The first-order valence-electron chi connectivity index (χ1n) is 7.18. The molecular formula is C16H12N2O4S2. The first kappa shape index (κ1) is 15.1. The Morgan fingerprint density at radius 2 is 2.04 bits per heavy atom. The normalized spacial score (nSPS) is 17.2. The molecule has 0 saturated heterocycles. The van der Waals surface area contributed by atoms with Gasteiger partial charge in [0, 0.05) is 23.9 Å². The monoisotopic (exact) mass is 360 g/mol. The SMILES string of the molecule is Cn1c(O)c(/C=C2\C=c3cc4c(cc3=NC2=O)OCCO4)sc1=S. The van der Waals surface area contributed by atoms with Crippen molar-refractivity contribution in [3.63, 3.8) is 0 Å². The standard InChI is InChI=1S/C16H12N2O4S2/c1-18-15(20)13(24-16(18)23)6-9-4-8-5-11-12(22-3-2-21-11)7-10(8)17-14(9)19/h4-7,20H,2-3H2,1H3/b9-6+. The summed E-state index contributed by atoms with van der Waals surface area (Å²) in [5, 5.41) is 11.4. The van der Waals surface area contributed by atoms with Crippen molar-refractivity contribution in [2.24, 2.45) is 12.0 Å². The van der Waals surface area contributed by atoms with Crippen molar-refractivity contribution in [1.82, 2.24) is 4.57 Å². The highest BCUT2D eigenvalue weighted by atomic mass is 32.1. The minimum absolute atomic E-state index is 0.0340. The van der Waals surface area contributed by atoms with E-state index in [1.807, 2.05) is 0 Å². The second kappa shape index (κ2) is 5.57. The molecule has 0 atom stereocenters. The molecule has 8 heteroatoms. The highest BCUT2D eigenvalue weighted by molar-refractivity contribution is 7.73. The van der Waals surface area contributed by atoms with Gasteiger partial charge in [-0.2, -0.15) is 0 Å². The van der Waals surface area contributed by atoms with Crippen LogP contribution in [0, 0.1) is 3.95 Å². The van der Waals surface area contributed by atoms with E-state index in [2.05, 4.69) is 4.99 Å². The molecule has 1 amide bonds. The Kier molecular flexibility index (Phi) is 3.50. The average Bonchev–Trinajstić information content (AvgIpc) is 2.81. The molecule has 4 rings (SSSR count). The van der Waals surface area contributed by atoms with Gasteiger partial charge in [-0.25, -0.2) is 4.99 Å². The molecule has 0 radical (unpaired) electrons. The lowest BCUT2D eigenvalue weighted by Crippen LogP contribution is -2.32. The number of hydrogen-bond donors (Lipinski definition) is 1. The summed E-state index contributed by atoms with van der Waals surface area (Å²) >= 11 is 6.37. The van der Waals surface area contributed by atoms with Crippen LogP contribution in [0.1, 0.15) is 4.88 Å². The quantitative estimate of drug-likeness (QED) is 0.613. The van der Waals surface area contributed by atoms with Crippen molar-refractivity contribution < 1.29 is 19.4 Å². The van der Waals surface area contributed by atoms with Crippen molar-refractivity contribution in [2.75, 3.05) is 13.2 Å². The molecule has 2 aliphatic rings. The minimum Gasteiger partial charge on any atom is -0.493 e. The van der Waals surface area contributed by atoms with Gasteiger partial charge in [-0.05, 0) is 30.4 Å². The van der Waals surface area contributed by atoms with Crippen LogP contribution in [0.2, 0.25) is 0 Å². The van der Waals surface area contributed by atoms with Crippen LogP contribution in [0.15, 0.2) is 22.7 Å². The van der Waals surface area contributed by atoms with E-state index in [0.717, 1.165) is 5.22 Å². The molecule has 0 aliphatic carbocycles. The fourth-order valence-corrected chi connectivity index (χ4v) is 3.69. The second-order valence-electron chi connectivity index (χ2n) is 5.33. The van der Waals surface area contributed by atoms with E-state index in [-0.39, 0.29) is 11.8 Å². The van der Waals surface area contributed by atoms with E-state index in [4.69, 9.17) is 21.7 Å². The van der Waals surface area contributed by atoms with E-state index in [0.29, 0.717) is 44.5 Å². The van der Waals surface area contributed by atoms with Crippen LogP contribution in [-0.4, -0.2) is 28.8 Å². The molecule has 3 heterocycles. The number of amides is 1. The summed E-state index contributed by atoms with van der Waals surface area (Å²) < 4.78 is 13.1. The molecule has 0 unspecified atom stereocenters. The van der Waals surface area contributed by atoms with Gasteiger partial charge in [-0.1, -0.05) is 0 Å². The average molecular weight is 360 g/mol. The molecule has 0 fully saturated rings. The lowest BCUT2D eigenvalue weighted by Gasteiger charge is -2.18. The summed E-state index contributed by atoms with van der Waals surface area (Å²) in [7, 11) is 1.67. The molecular weight excluding hydrogens is 348 g/mol. The van der Waals surface area contributed by atoms with E-state index in [9.17, 15) is 9.90 Å². The van der Waals surface area contributed by atoms with Crippen LogP contribution >= 0.6 is 23.6 Å².